The van der Waals surface area contributed by atoms with Crippen LogP contribution in [0.5, 0.6) is 0 Å². The molecule has 1 rings (SSSR count). The topological polar surface area (TPSA) is 70.4 Å². The van der Waals surface area contributed by atoms with E-state index in [9.17, 15) is 4.79 Å². The first-order valence-corrected chi connectivity index (χ1v) is 3.70. The Hall–Kier alpha value is -1.68. The smallest absolute Gasteiger partial charge is 0.337 e. The summed E-state index contributed by atoms with van der Waals surface area (Å²) in [7, 11) is 0. The maximum atomic E-state index is 10.5. The fourth-order valence-electron chi connectivity index (χ4n) is 0.855. The molecule has 4 nitrogen and oxygen atoms in total. The summed E-state index contributed by atoms with van der Waals surface area (Å²) >= 11 is 0. The van der Waals surface area contributed by atoms with Gasteiger partial charge in [-0.3, -0.25) is 4.98 Å². The summed E-state index contributed by atoms with van der Waals surface area (Å²) in [5.74, 6) is -1.01. The highest BCUT2D eigenvalue weighted by molar-refractivity contribution is 5.87. The Morgan fingerprint density at radius 1 is 1.54 bits per heavy atom. The first kappa shape index (κ1) is 9.41. The van der Waals surface area contributed by atoms with Gasteiger partial charge in [-0.1, -0.05) is 12.2 Å². The molecular weight excluding hydrogens is 170 g/mol. The Labute approximate surface area is 75.2 Å². The predicted octanol–water partition coefficient (Wildman–Crippen LogP) is 0.785. The summed E-state index contributed by atoms with van der Waals surface area (Å²) in [4.78, 5) is 14.3. The summed E-state index contributed by atoms with van der Waals surface area (Å²) in [5, 5.41) is 17.1. The number of aliphatic hydroxyl groups excluding tert-OH is 1. The third-order valence-corrected chi connectivity index (χ3v) is 1.42. The summed E-state index contributed by atoms with van der Waals surface area (Å²) in [5.41, 5.74) is 0.800. The van der Waals surface area contributed by atoms with Crippen molar-refractivity contribution >= 4 is 12.0 Å². The predicted molar refractivity (Wildman–Crippen MR) is 47.3 cm³/mol. The average Bonchev–Trinajstić information content (AvgIpc) is 2.15. The number of hydrogen-bond donors (Lipinski definition) is 2. The molecule has 0 aliphatic rings. The van der Waals surface area contributed by atoms with E-state index in [0.717, 1.165) is 0 Å². The lowest BCUT2D eigenvalue weighted by molar-refractivity contribution is 0.0696. The lowest BCUT2D eigenvalue weighted by Crippen LogP contribution is -1.97. The average molecular weight is 179 g/mol. The van der Waals surface area contributed by atoms with E-state index in [4.69, 9.17) is 10.2 Å². The van der Waals surface area contributed by atoms with Crippen molar-refractivity contribution in [3.8, 4) is 0 Å². The molecule has 0 aromatic carbocycles. The lowest BCUT2D eigenvalue weighted by Gasteiger charge is -1.95. The van der Waals surface area contributed by atoms with Gasteiger partial charge in [-0.15, -0.1) is 0 Å². The van der Waals surface area contributed by atoms with Gasteiger partial charge in [-0.05, 0) is 11.6 Å². The molecule has 68 valence electrons. The molecule has 0 aliphatic carbocycles. The minimum atomic E-state index is -1.01. The number of carboxylic acids is 1. The molecule has 0 saturated carbocycles. The van der Waals surface area contributed by atoms with Crippen molar-refractivity contribution in [3.63, 3.8) is 0 Å². The van der Waals surface area contributed by atoms with Crippen molar-refractivity contribution in [2.45, 2.75) is 0 Å². The van der Waals surface area contributed by atoms with Crippen LogP contribution in [0.4, 0.5) is 0 Å². The van der Waals surface area contributed by atoms with Crippen LogP contribution in [0.25, 0.3) is 6.08 Å². The Morgan fingerprint density at radius 2 is 2.31 bits per heavy atom. The summed E-state index contributed by atoms with van der Waals surface area (Å²) < 4.78 is 0. The molecule has 0 saturated heterocycles. The van der Waals surface area contributed by atoms with E-state index in [2.05, 4.69) is 4.98 Å². The molecule has 2 N–H and O–H groups in total. The molecule has 1 aromatic heterocycles. The highest BCUT2D eigenvalue weighted by Gasteiger charge is 2.01. The van der Waals surface area contributed by atoms with Crippen LogP contribution in [0.1, 0.15) is 15.9 Å². The fraction of sp³-hybridized carbons (Fsp3) is 0.111. The van der Waals surface area contributed by atoms with Crippen molar-refractivity contribution < 1.29 is 15.0 Å². The molecule has 0 fully saturated rings. The van der Waals surface area contributed by atoms with Gasteiger partial charge in [0.05, 0.1) is 12.2 Å². The maximum Gasteiger partial charge on any atom is 0.337 e. The van der Waals surface area contributed by atoms with Crippen molar-refractivity contribution in [2.24, 2.45) is 0 Å². The number of aliphatic hydroxyl groups is 1. The Balaban J connectivity index is 2.92. The van der Waals surface area contributed by atoms with Crippen LogP contribution >= 0.6 is 0 Å². The zero-order valence-corrected chi connectivity index (χ0v) is 6.84. The Kier molecular flexibility index (Phi) is 3.16. The molecule has 1 heterocycles. The second-order valence-electron chi connectivity index (χ2n) is 2.40. The molecule has 0 amide bonds. The molecule has 1 aromatic rings. The zero-order valence-electron chi connectivity index (χ0n) is 6.84. The number of aromatic carboxylic acids is 1. The van der Waals surface area contributed by atoms with Crippen LogP contribution < -0.4 is 0 Å². The maximum absolute atomic E-state index is 10.5. The van der Waals surface area contributed by atoms with Gasteiger partial charge in [0.1, 0.15) is 0 Å². The third kappa shape index (κ3) is 2.68. The minimum Gasteiger partial charge on any atom is -0.478 e. The molecule has 4 heteroatoms. The number of pyridine rings is 1. The van der Waals surface area contributed by atoms with Gasteiger partial charge in [0, 0.05) is 12.4 Å². The first-order chi connectivity index (χ1) is 6.24. The number of carbonyl (C=O) groups is 1. The van der Waals surface area contributed by atoms with Crippen molar-refractivity contribution in [1.82, 2.24) is 4.98 Å². The number of rotatable bonds is 3. The summed E-state index contributed by atoms with van der Waals surface area (Å²) in [6, 6.07) is 1.49. The van der Waals surface area contributed by atoms with Crippen molar-refractivity contribution in [2.75, 3.05) is 6.61 Å². The van der Waals surface area contributed by atoms with Gasteiger partial charge in [-0.2, -0.15) is 0 Å². The number of aromatic nitrogens is 1. The number of hydrogen-bond acceptors (Lipinski definition) is 3. The van der Waals surface area contributed by atoms with E-state index >= 15 is 0 Å². The van der Waals surface area contributed by atoms with Crippen LogP contribution in [0, 0.1) is 0 Å². The third-order valence-electron chi connectivity index (χ3n) is 1.42. The molecule has 0 unspecified atom stereocenters. The second kappa shape index (κ2) is 4.37. The van der Waals surface area contributed by atoms with Crippen LogP contribution in [-0.4, -0.2) is 27.8 Å². The van der Waals surface area contributed by atoms with Crippen LogP contribution in [0.3, 0.4) is 0 Å². The van der Waals surface area contributed by atoms with Crippen LogP contribution in [-0.2, 0) is 0 Å². The van der Waals surface area contributed by atoms with Gasteiger partial charge in [0.2, 0.25) is 0 Å². The van der Waals surface area contributed by atoms with Gasteiger partial charge in [-0.25, -0.2) is 4.79 Å². The molecule has 0 atom stereocenters. The monoisotopic (exact) mass is 179 g/mol. The lowest BCUT2D eigenvalue weighted by atomic mass is 10.2. The normalized spacial score (nSPS) is 10.5. The van der Waals surface area contributed by atoms with Crippen LogP contribution in [0.2, 0.25) is 0 Å². The van der Waals surface area contributed by atoms with E-state index in [1.54, 1.807) is 6.08 Å². The zero-order chi connectivity index (χ0) is 9.68. The largest absolute Gasteiger partial charge is 0.478 e. The van der Waals surface area contributed by atoms with Gasteiger partial charge in [0.25, 0.3) is 0 Å². The molecule has 13 heavy (non-hydrogen) atoms. The highest BCUT2D eigenvalue weighted by atomic mass is 16.4. The Bertz CT molecular complexity index is 333. The highest BCUT2D eigenvalue weighted by Crippen LogP contribution is 2.04. The minimum absolute atomic E-state index is 0.0721. The fourth-order valence-corrected chi connectivity index (χ4v) is 0.855. The van der Waals surface area contributed by atoms with Crippen molar-refractivity contribution in [1.29, 1.82) is 0 Å². The quantitative estimate of drug-likeness (QED) is 0.719. The van der Waals surface area contributed by atoms with Gasteiger partial charge < -0.3 is 10.2 Å². The van der Waals surface area contributed by atoms with Gasteiger partial charge >= 0.3 is 5.97 Å². The molecular formula is C9H9NO3. The van der Waals surface area contributed by atoms with E-state index in [1.807, 2.05) is 0 Å². The van der Waals surface area contributed by atoms with Crippen molar-refractivity contribution in [3.05, 3.63) is 35.7 Å². The molecule has 0 radical (unpaired) electrons. The van der Waals surface area contributed by atoms with E-state index < -0.39 is 5.97 Å². The SMILES string of the molecule is O=C(O)c1cncc(C=CCO)c1. The Morgan fingerprint density at radius 3 is 2.92 bits per heavy atom. The standard InChI is InChI=1S/C9H9NO3/c11-3-1-2-7-4-8(9(12)13)6-10-5-7/h1-2,4-6,11H,3H2,(H,12,13). The number of nitrogens with zero attached hydrogens (tertiary/aromatic N) is 1. The molecule has 0 aliphatic heterocycles. The second-order valence-corrected chi connectivity index (χ2v) is 2.40. The molecule has 0 spiro atoms. The van der Waals surface area contributed by atoms with E-state index in [1.165, 1.54) is 24.5 Å². The summed E-state index contributed by atoms with van der Waals surface area (Å²) in [6.07, 6.45) is 5.93. The van der Waals surface area contributed by atoms with Crippen LogP contribution in [0.15, 0.2) is 24.5 Å². The molecule has 0 bridgehead atoms. The van der Waals surface area contributed by atoms with Gasteiger partial charge in [0.15, 0.2) is 0 Å². The number of carboxylic acid groups (broad SMARTS) is 1. The first-order valence-electron chi connectivity index (χ1n) is 3.70. The summed E-state index contributed by atoms with van der Waals surface area (Å²) in [6.45, 7) is -0.0721. The van der Waals surface area contributed by atoms with E-state index in [0.29, 0.717) is 5.56 Å². The van der Waals surface area contributed by atoms with E-state index in [-0.39, 0.29) is 12.2 Å².